The minimum absolute atomic E-state index is 0.659. The van der Waals surface area contributed by atoms with Crippen molar-refractivity contribution >= 4 is 103 Å². The van der Waals surface area contributed by atoms with Gasteiger partial charge in [-0.3, -0.25) is 4.57 Å². The van der Waals surface area contributed by atoms with Gasteiger partial charge in [0.05, 0.1) is 50.0 Å². The third kappa shape index (κ3) is 3.98. The van der Waals surface area contributed by atoms with Crippen LogP contribution in [0.5, 0.6) is 0 Å². The van der Waals surface area contributed by atoms with Crippen LogP contribution in [0.1, 0.15) is 0 Å². The normalized spacial score (nSPS) is 12.6. The summed E-state index contributed by atoms with van der Waals surface area (Å²) in [6.07, 6.45) is 0. The summed E-state index contributed by atoms with van der Waals surface area (Å²) in [5.74, 6) is 0.659. The maximum atomic E-state index is 5.52. The van der Waals surface area contributed by atoms with Crippen molar-refractivity contribution in [2.45, 2.75) is 0 Å². The number of para-hydroxylation sites is 4. The predicted octanol–water partition coefficient (Wildman–Crippen LogP) is 13.6. The Morgan fingerprint density at radius 1 is 0.411 bits per heavy atom. The summed E-state index contributed by atoms with van der Waals surface area (Å²) in [5.41, 5.74) is 11.9. The van der Waals surface area contributed by atoms with Crippen LogP contribution in [0.2, 0.25) is 0 Å². The van der Waals surface area contributed by atoms with Crippen molar-refractivity contribution in [1.82, 2.24) is 19.1 Å². The molecule has 0 atom stereocenters. The zero-order valence-electron chi connectivity index (χ0n) is 29.9. The number of nitrogens with zero attached hydrogens (tertiary/aromatic N) is 5. The lowest BCUT2D eigenvalue weighted by Gasteiger charge is -2.32. The van der Waals surface area contributed by atoms with Crippen LogP contribution in [-0.2, 0) is 0 Å². The quantitative estimate of drug-likeness (QED) is 0.182. The molecule has 4 aromatic heterocycles. The largest absolute Gasteiger partial charge is 0.309 e. The molecule has 1 aliphatic rings. The molecule has 0 amide bonds. The van der Waals surface area contributed by atoms with E-state index in [2.05, 4.69) is 190 Å². The lowest BCUT2D eigenvalue weighted by Crippen LogP contribution is -2.16. The van der Waals surface area contributed by atoms with Gasteiger partial charge in [-0.15, -0.1) is 11.3 Å². The van der Waals surface area contributed by atoms with Crippen molar-refractivity contribution < 1.29 is 0 Å². The average molecular weight is 732 g/mol. The minimum Gasteiger partial charge on any atom is -0.309 e. The topological polar surface area (TPSA) is 38.9 Å². The summed E-state index contributed by atoms with van der Waals surface area (Å²) < 4.78 is 7.36. The van der Waals surface area contributed by atoms with Crippen LogP contribution in [0.15, 0.2) is 176 Å². The highest BCUT2D eigenvalue weighted by Crippen LogP contribution is 2.50. The Hall–Kier alpha value is -7.28. The molecular weight excluding hydrogens is 703 g/mol. The van der Waals surface area contributed by atoms with Gasteiger partial charge in [0.2, 0.25) is 5.95 Å². The Morgan fingerprint density at radius 2 is 1.12 bits per heavy atom. The van der Waals surface area contributed by atoms with E-state index in [1.807, 2.05) is 11.3 Å². The molecule has 8 aromatic carbocycles. The maximum absolute atomic E-state index is 5.52. The highest BCUT2D eigenvalue weighted by atomic mass is 32.1. The van der Waals surface area contributed by atoms with Crippen LogP contribution in [-0.4, -0.2) is 19.1 Å². The third-order valence-corrected chi connectivity index (χ3v) is 12.8. The fourth-order valence-corrected chi connectivity index (χ4v) is 10.4. The van der Waals surface area contributed by atoms with Gasteiger partial charge in [0.1, 0.15) is 0 Å². The summed E-state index contributed by atoms with van der Waals surface area (Å²) in [6.45, 7) is 0. The first-order valence-electron chi connectivity index (χ1n) is 18.9. The van der Waals surface area contributed by atoms with E-state index in [4.69, 9.17) is 9.97 Å². The van der Waals surface area contributed by atoms with Gasteiger partial charge in [-0.05, 0) is 72.8 Å². The van der Waals surface area contributed by atoms with Gasteiger partial charge < -0.3 is 9.47 Å². The second-order valence-electron chi connectivity index (χ2n) is 14.6. The fourth-order valence-electron chi connectivity index (χ4n) is 9.33. The molecule has 260 valence electrons. The van der Waals surface area contributed by atoms with Crippen molar-refractivity contribution in [3.63, 3.8) is 0 Å². The van der Waals surface area contributed by atoms with Crippen LogP contribution in [0, 0.1) is 0 Å². The summed E-state index contributed by atoms with van der Waals surface area (Å²) in [6, 6.07) is 63.4. The Kier molecular flexibility index (Phi) is 5.98. The fraction of sp³-hybridized carbons (Fsp3) is 0. The van der Waals surface area contributed by atoms with E-state index >= 15 is 0 Å². The van der Waals surface area contributed by atoms with E-state index in [1.165, 1.54) is 52.8 Å². The molecule has 0 saturated heterocycles. The molecule has 1 aliphatic heterocycles. The molecule has 12 aromatic rings. The van der Waals surface area contributed by atoms with E-state index < -0.39 is 0 Å². The predicted molar refractivity (Wildman–Crippen MR) is 235 cm³/mol. The molecule has 0 aliphatic carbocycles. The maximum Gasteiger partial charge on any atom is 0.235 e. The van der Waals surface area contributed by atoms with Crippen molar-refractivity contribution in [3.8, 4) is 22.9 Å². The molecule has 0 saturated carbocycles. The number of hydrogen-bond acceptors (Lipinski definition) is 4. The summed E-state index contributed by atoms with van der Waals surface area (Å²) in [5, 5.41) is 8.44. The standard InChI is InChI=1S/C50H29N5S/c1-2-13-30(14-3-1)53-41-22-10-6-18-36(41)48-47-38(19-12-23-42(47)53)51-50(52-48)55-40-21-9-5-17-35(40)46-43(55)27-26-34-32-15-4-8-20-39(32)54(49(34)46)31-25-28-45-37(29-31)33-16-7-11-24-44(33)56-45/h1-29H. The van der Waals surface area contributed by atoms with Gasteiger partial charge in [-0.2, -0.15) is 0 Å². The van der Waals surface area contributed by atoms with Crippen LogP contribution in [0.25, 0.3) is 97.6 Å². The summed E-state index contributed by atoms with van der Waals surface area (Å²) in [4.78, 5) is 13.3. The zero-order valence-corrected chi connectivity index (χ0v) is 30.7. The molecule has 0 radical (unpaired) electrons. The second-order valence-corrected chi connectivity index (χ2v) is 15.7. The van der Waals surface area contributed by atoms with Crippen LogP contribution < -0.4 is 4.90 Å². The Bertz CT molecular complexity index is 3610. The number of aromatic nitrogens is 4. The Balaban J connectivity index is 1.13. The van der Waals surface area contributed by atoms with E-state index in [-0.39, 0.29) is 0 Å². The second kappa shape index (κ2) is 11.1. The number of rotatable bonds is 3. The summed E-state index contributed by atoms with van der Waals surface area (Å²) in [7, 11) is 0. The number of benzene rings is 8. The van der Waals surface area contributed by atoms with Crippen molar-refractivity contribution in [3.05, 3.63) is 176 Å². The number of hydrogen-bond donors (Lipinski definition) is 0. The first-order valence-corrected chi connectivity index (χ1v) is 19.7. The molecule has 0 fully saturated rings. The molecule has 56 heavy (non-hydrogen) atoms. The SMILES string of the molecule is c1ccc(N2c3ccccc3-c3nc(-n4c5ccccc5c5c4ccc4c6ccccc6n(-c6ccc7sc8ccccc8c7c6)c45)nc4cccc2c34)cc1. The van der Waals surface area contributed by atoms with Crippen LogP contribution >= 0.6 is 11.3 Å². The molecule has 0 spiro atoms. The van der Waals surface area contributed by atoms with Crippen LogP contribution in [0.4, 0.5) is 17.1 Å². The Labute approximate surface area is 324 Å². The highest BCUT2D eigenvalue weighted by molar-refractivity contribution is 7.25. The molecule has 0 N–H and O–H groups in total. The molecule has 6 heteroatoms. The molecule has 0 unspecified atom stereocenters. The highest BCUT2D eigenvalue weighted by Gasteiger charge is 2.29. The Morgan fingerprint density at radius 3 is 2.02 bits per heavy atom. The van der Waals surface area contributed by atoms with E-state index in [0.29, 0.717) is 5.95 Å². The van der Waals surface area contributed by atoms with Crippen molar-refractivity contribution in [1.29, 1.82) is 0 Å². The average Bonchev–Trinajstić information content (AvgIpc) is 3.91. The first kappa shape index (κ1) is 30.1. The molecule has 13 rings (SSSR count). The number of anilines is 3. The van der Waals surface area contributed by atoms with Gasteiger partial charge in [-0.1, -0.05) is 103 Å². The molecule has 5 heterocycles. The minimum atomic E-state index is 0.659. The van der Waals surface area contributed by atoms with E-state index in [9.17, 15) is 0 Å². The monoisotopic (exact) mass is 731 g/mol. The first-order chi connectivity index (χ1) is 27.8. The molecule has 0 bridgehead atoms. The lowest BCUT2D eigenvalue weighted by atomic mass is 9.96. The smallest absolute Gasteiger partial charge is 0.235 e. The van der Waals surface area contributed by atoms with Crippen molar-refractivity contribution in [2.75, 3.05) is 4.90 Å². The lowest BCUT2D eigenvalue weighted by molar-refractivity contribution is 1.01. The zero-order chi connectivity index (χ0) is 36.5. The third-order valence-electron chi connectivity index (χ3n) is 11.6. The molecular formula is C50H29N5S. The van der Waals surface area contributed by atoms with Gasteiger partial charge in [0.15, 0.2) is 0 Å². The van der Waals surface area contributed by atoms with E-state index in [1.54, 1.807) is 0 Å². The number of fused-ring (bicyclic) bond motifs is 12. The number of thiophene rings is 1. The van der Waals surface area contributed by atoms with E-state index in [0.717, 1.165) is 55.9 Å². The van der Waals surface area contributed by atoms with Gasteiger partial charge in [0, 0.05) is 58.7 Å². The van der Waals surface area contributed by atoms with Crippen LogP contribution in [0.3, 0.4) is 0 Å². The van der Waals surface area contributed by atoms with Gasteiger partial charge in [-0.25, -0.2) is 9.97 Å². The molecule has 5 nitrogen and oxygen atoms in total. The van der Waals surface area contributed by atoms with Gasteiger partial charge in [0.25, 0.3) is 0 Å². The summed E-state index contributed by atoms with van der Waals surface area (Å²) >= 11 is 1.85. The van der Waals surface area contributed by atoms with Crippen molar-refractivity contribution in [2.24, 2.45) is 0 Å². The van der Waals surface area contributed by atoms with Gasteiger partial charge >= 0.3 is 0 Å².